The largest absolute Gasteiger partial charge is 0.491 e. The fourth-order valence-electron chi connectivity index (χ4n) is 4.06. The molecule has 186 valence electrons. The second kappa shape index (κ2) is 13.9. The number of methoxy groups -OCH3 is 2. The van der Waals surface area contributed by atoms with Gasteiger partial charge in [0.1, 0.15) is 18.5 Å². The van der Waals surface area contributed by atoms with Crippen molar-refractivity contribution in [2.75, 3.05) is 40.5 Å². The number of halogens is 2. The van der Waals surface area contributed by atoms with Crippen molar-refractivity contribution in [1.29, 1.82) is 0 Å². The number of ether oxygens (including phenoxy) is 3. The molecular formula is C26H34Cl2N2O4. The van der Waals surface area contributed by atoms with Crippen LogP contribution >= 0.6 is 23.2 Å². The van der Waals surface area contributed by atoms with Crippen LogP contribution in [0.1, 0.15) is 30.4 Å². The minimum Gasteiger partial charge on any atom is -0.491 e. The zero-order chi connectivity index (χ0) is 24.3. The van der Waals surface area contributed by atoms with E-state index < -0.39 is 0 Å². The number of carbonyl (C=O) groups excluding carboxylic acids is 1. The highest BCUT2D eigenvalue weighted by Gasteiger charge is 2.20. The third-order valence-electron chi connectivity index (χ3n) is 6.15. The zero-order valence-electron chi connectivity index (χ0n) is 19.9. The number of nitrogens with one attached hydrogen (secondary N) is 1. The first kappa shape index (κ1) is 26.8. The standard InChI is InChI=1S/C26H34Cl2N2O4/c1-32-24(18-34-25-9-8-22(28)15-20(25)5-10-26(31)33-2)16-29-23-11-13-30(14-12-23)17-19-3-6-21(27)7-4-19/h3-4,6-9,15,23-24,29H,5,10-14,16-18H2,1-2H3/t24-/m0/s1. The molecular weight excluding hydrogens is 475 g/mol. The number of hydrogen-bond donors (Lipinski definition) is 1. The van der Waals surface area contributed by atoms with E-state index in [1.165, 1.54) is 12.7 Å². The number of aryl methyl sites for hydroxylation is 1. The number of rotatable bonds is 12. The van der Waals surface area contributed by atoms with Crippen LogP contribution in [0.3, 0.4) is 0 Å². The topological polar surface area (TPSA) is 60.0 Å². The van der Waals surface area contributed by atoms with Crippen LogP contribution in [0.25, 0.3) is 0 Å². The molecule has 1 aliphatic rings. The smallest absolute Gasteiger partial charge is 0.305 e. The van der Waals surface area contributed by atoms with Crippen molar-refractivity contribution in [3.8, 4) is 5.75 Å². The quantitative estimate of drug-likeness (QED) is 0.417. The minimum absolute atomic E-state index is 0.0868. The third-order valence-corrected chi connectivity index (χ3v) is 6.64. The van der Waals surface area contributed by atoms with E-state index >= 15 is 0 Å². The molecule has 1 saturated heterocycles. The Bertz CT molecular complexity index is 902. The molecule has 0 spiro atoms. The van der Waals surface area contributed by atoms with Gasteiger partial charge in [-0.05, 0) is 73.8 Å². The van der Waals surface area contributed by atoms with E-state index in [0.29, 0.717) is 36.4 Å². The molecule has 1 N–H and O–H groups in total. The Morgan fingerprint density at radius 3 is 2.47 bits per heavy atom. The fraction of sp³-hybridized carbons (Fsp3) is 0.500. The average Bonchev–Trinajstić information content (AvgIpc) is 2.85. The van der Waals surface area contributed by atoms with Crippen molar-refractivity contribution < 1.29 is 19.0 Å². The summed E-state index contributed by atoms with van der Waals surface area (Å²) in [6.07, 6.45) is 2.89. The summed E-state index contributed by atoms with van der Waals surface area (Å²) in [5.74, 6) is 0.454. The van der Waals surface area contributed by atoms with E-state index in [1.54, 1.807) is 13.2 Å². The highest BCUT2D eigenvalue weighted by atomic mass is 35.5. The van der Waals surface area contributed by atoms with Crippen LogP contribution in [0.2, 0.25) is 10.0 Å². The molecule has 2 aromatic rings. The lowest BCUT2D eigenvalue weighted by Gasteiger charge is -2.33. The van der Waals surface area contributed by atoms with E-state index in [-0.39, 0.29) is 18.5 Å². The van der Waals surface area contributed by atoms with Gasteiger partial charge in [0.2, 0.25) is 0 Å². The number of esters is 1. The highest BCUT2D eigenvalue weighted by Crippen LogP contribution is 2.25. The second-order valence-corrected chi connectivity index (χ2v) is 9.45. The molecule has 1 aliphatic heterocycles. The monoisotopic (exact) mass is 508 g/mol. The molecule has 0 amide bonds. The van der Waals surface area contributed by atoms with Gasteiger partial charge in [-0.15, -0.1) is 0 Å². The third kappa shape index (κ3) is 8.75. The van der Waals surface area contributed by atoms with Crippen molar-refractivity contribution in [3.63, 3.8) is 0 Å². The van der Waals surface area contributed by atoms with Gasteiger partial charge in [0.25, 0.3) is 0 Å². The van der Waals surface area contributed by atoms with Gasteiger partial charge in [-0.1, -0.05) is 35.3 Å². The summed E-state index contributed by atoms with van der Waals surface area (Å²) in [6, 6.07) is 14.0. The highest BCUT2D eigenvalue weighted by molar-refractivity contribution is 6.30. The summed E-state index contributed by atoms with van der Waals surface area (Å²) in [6.45, 7) is 4.19. The van der Waals surface area contributed by atoms with Crippen molar-refractivity contribution in [2.45, 2.75) is 44.4 Å². The Hall–Kier alpha value is -1.83. The molecule has 3 rings (SSSR count). The van der Waals surface area contributed by atoms with Crippen molar-refractivity contribution in [3.05, 3.63) is 63.6 Å². The Labute approximate surface area is 212 Å². The van der Waals surface area contributed by atoms with Gasteiger partial charge >= 0.3 is 5.97 Å². The van der Waals surface area contributed by atoms with Crippen LogP contribution in [-0.4, -0.2) is 63.5 Å². The predicted molar refractivity (Wildman–Crippen MR) is 136 cm³/mol. The van der Waals surface area contributed by atoms with Gasteiger partial charge in [0.05, 0.1) is 7.11 Å². The van der Waals surface area contributed by atoms with Crippen molar-refractivity contribution in [2.24, 2.45) is 0 Å². The summed E-state index contributed by atoms with van der Waals surface area (Å²) in [4.78, 5) is 14.0. The lowest BCUT2D eigenvalue weighted by atomic mass is 10.0. The summed E-state index contributed by atoms with van der Waals surface area (Å²) in [5.41, 5.74) is 2.18. The number of carbonyl (C=O) groups is 1. The first-order valence-electron chi connectivity index (χ1n) is 11.7. The summed E-state index contributed by atoms with van der Waals surface area (Å²) < 4.78 is 16.4. The Kier molecular flexibility index (Phi) is 10.9. The van der Waals surface area contributed by atoms with Crippen LogP contribution < -0.4 is 10.1 Å². The Balaban J connectivity index is 1.41. The molecule has 0 bridgehead atoms. The predicted octanol–water partition coefficient (Wildman–Crippen LogP) is 4.75. The van der Waals surface area contributed by atoms with Gasteiger partial charge in [-0.3, -0.25) is 9.69 Å². The number of hydrogen-bond acceptors (Lipinski definition) is 6. The number of nitrogens with zero attached hydrogens (tertiary/aromatic N) is 1. The molecule has 0 saturated carbocycles. The molecule has 0 unspecified atom stereocenters. The molecule has 0 aliphatic carbocycles. The minimum atomic E-state index is -0.260. The van der Waals surface area contributed by atoms with Crippen molar-refractivity contribution >= 4 is 29.2 Å². The fourth-order valence-corrected chi connectivity index (χ4v) is 4.38. The zero-order valence-corrected chi connectivity index (χ0v) is 21.4. The van der Waals surface area contributed by atoms with Gasteiger partial charge in [-0.25, -0.2) is 0 Å². The van der Waals surface area contributed by atoms with Crippen LogP contribution in [0.5, 0.6) is 5.75 Å². The van der Waals surface area contributed by atoms with E-state index in [4.69, 9.17) is 37.4 Å². The van der Waals surface area contributed by atoms with Crippen LogP contribution in [0.15, 0.2) is 42.5 Å². The lowest BCUT2D eigenvalue weighted by Crippen LogP contribution is -2.45. The van der Waals surface area contributed by atoms with E-state index in [2.05, 4.69) is 22.3 Å². The van der Waals surface area contributed by atoms with Gasteiger partial charge < -0.3 is 19.5 Å². The molecule has 34 heavy (non-hydrogen) atoms. The first-order valence-corrected chi connectivity index (χ1v) is 12.4. The number of benzene rings is 2. The van der Waals surface area contributed by atoms with E-state index in [1.807, 2.05) is 24.3 Å². The first-order chi connectivity index (χ1) is 16.5. The molecule has 1 atom stereocenters. The maximum atomic E-state index is 11.5. The summed E-state index contributed by atoms with van der Waals surface area (Å²) in [7, 11) is 3.09. The summed E-state index contributed by atoms with van der Waals surface area (Å²) in [5, 5.41) is 5.03. The molecule has 8 heteroatoms. The molecule has 2 aromatic carbocycles. The molecule has 0 aromatic heterocycles. The molecule has 1 heterocycles. The normalized spacial score (nSPS) is 15.8. The average molecular weight is 509 g/mol. The second-order valence-electron chi connectivity index (χ2n) is 8.58. The molecule has 0 radical (unpaired) electrons. The van der Waals surface area contributed by atoms with Gasteiger partial charge in [-0.2, -0.15) is 0 Å². The molecule has 6 nitrogen and oxygen atoms in total. The van der Waals surface area contributed by atoms with E-state index in [0.717, 1.165) is 43.1 Å². The van der Waals surface area contributed by atoms with Gasteiger partial charge in [0, 0.05) is 42.7 Å². The maximum Gasteiger partial charge on any atom is 0.305 e. The molecule has 1 fully saturated rings. The Morgan fingerprint density at radius 2 is 1.79 bits per heavy atom. The number of likely N-dealkylation sites (tertiary alicyclic amines) is 1. The van der Waals surface area contributed by atoms with Crippen molar-refractivity contribution in [1.82, 2.24) is 10.2 Å². The Morgan fingerprint density at radius 1 is 1.09 bits per heavy atom. The summed E-state index contributed by atoms with van der Waals surface area (Å²) >= 11 is 12.1. The SMILES string of the molecule is COC(=O)CCc1cc(Cl)ccc1OC[C@H](CNC1CCN(Cc2ccc(Cl)cc2)CC1)OC. The van der Waals surface area contributed by atoms with E-state index in [9.17, 15) is 4.79 Å². The maximum absolute atomic E-state index is 11.5. The lowest BCUT2D eigenvalue weighted by molar-refractivity contribution is -0.140. The van der Waals surface area contributed by atoms with Gasteiger partial charge in [0.15, 0.2) is 0 Å². The van der Waals surface area contributed by atoms with Crippen LogP contribution in [-0.2, 0) is 27.2 Å². The van der Waals surface area contributed by atoms with Crippen LogP contribution in [0, 0.1) is 0 Å². The number of piperidine rings is 1. The van der Waals surface area contributed by atoms with Crippen LogP contribution in [0.4, 0.5) is 0 Å².